The highest BCUT2D eigenvalue weighted by Gasteiger charge is 2.19. The molecule has 0 N–H and O–H groups in total. The van der Waals surface area contributed by atoms with Gasteiger partial charge in [-0.25, -0.2) is 9.55 Å². The highest BCUT2D eigenvalue weighted by Crippen LogP contribution is 2.15. The lowest BCUT2D eigenvalue weighted by Gasteiger charge is -2.03. The number of aromatic nitrogens is 4. The number of aryl methyl sites for hydroxylation is 3. The predicted molar refractivity (Wildman–Crippen MR) is 67.2 cm³/mol. The molecule has 10 nitrogen and oxygen atoms in total. The summed E-state index contributed by atoms with van der Waals surface area (Å²) in [5.74, 6) is 0.662. The fraction of sp³-hybridized carbons (Fsp3) is 0.400. The molecule has 0 aliphatic rings. The van der Waals surface area contributed by atoms with Gasteiger partial charge in [0, 0.05) is 13.8 Å². The Kier molecular flexibility index (Phi) is 3.46. The van der Waals surface area contributed by atoms with Crippen LogP contribution in [-0.4, -0.2) is 28.9 Å². The Morgan fingerprint density at radius 3 is 2.40 bits per heavy atom. The van der Waals surface area contributed by atoms with Gasteiger partial charge in [-0.05, 0) is 14.8 Å². The molecule has 2 aromatic rings. The summed E-state index contributed by atoms with van der Waals surface area (Å²) >= 11 is 0. The Labute approximate surface area is 113 Å². The molecule has 0 atom stereocenters. The zero-order chi connectivity index (χ0) is 14.9. The van der Waals surface area contributed by atoms with Gasteiger partial charge in [0.15, 0.2) is 5.82 Å². The van der Waals surface area contributed by atoms with Crippen LogP contribution in [0, 0.1) is 34.1 Å². The van der Waals surface area contributed by atoms with Crippen LogP contribution in [0.25, 0.3) is 0 Å². The minimum atomic E-state index is -0.575. The Morgan fingerprint density at radius 1 is 1.15 bits per heavy atom. The van der Waals surface area contributed by atoms with E-state index >= 15 is 0 Å². The molecular weight excluding hydrogens is 268 g/mol. The van der Waals surface area contributed by atoms with Crippen molar-refractivity contribution < 1.29 is 9.85 Å². The normalized spacial score (nSPS) is 10.7. The maximum Gasteiger partial charge on any atom is 0.381 e. The summed E-state index contributed by atoms with van der Waals surface area (Å²) < 4.78 is 3.03. The molecule has 0 radical (unpaired) electrons. The van der Waals surface area contributed by atoms with Gasteiger partial charge in [-0.2, -0.15) is 0 Å². The predicted octanol–water partition coefficient (Wildman–Crippen LogP) is 1.21. The summed E-state index contributed by atoms with van der Waals surface area (Å²) in [4.78, 5) is 28.1. The van der Waals surface area contributed by atoms with Crippen LogP contribution < -0.4 is 0 Å². The maximum absolute atomic E-state index is 10.8. The molecule has 0 saturated heterocycles. The van der Waals surface area contributed by atoms with Gasteiger partial charge in [-0.1, -0.05) is 0 Å². The van der Waals surface area contributed by atoms with Crippen LogP contribution in [0.1, 0.15) is 11.6 Å². The van der Waals surface area contributed by atoms with Crippen LogP contribution in [0.2, 0.25) is 0 Å². The quantitative estimate of drug-likeness (QED) is 0.599. The molecule has 0 aliphatic heterocycles. The molecule has 0 spiro atoms. The number of nitrogens with zero attached hydrogens (tertiary/aromatic N) is 6. The Balaban J connectivity index is 2.19. The molecule has 0 bridgehead atoms. The average molecular weight is 280 g/mol. The van der Waals surface area contributed by atoms with Gasteiger partial charge in [0.25, 0.3) is 0 Å². The first-order chi connectivity index (χ1) is 9.40. The summed E-state index contributed by atoms with van der Waals surface area (Å²) in [5.41, 5.74) is 0. The van der Waals surface area contributed by atoms with Crippen molar-refractivity contribution in [3.05, 3.63) is 44.3 Å². The van der Waals surface area contributed by atoms with Crippen LogP contribution in [-0.2, 0) is 13.1 Å². The van der Waals surface area contributed by atoms with E-state index in [2.05, 4.69) is 9.97 Å². The first-order valence-electron chi connectivity index (χ1n) is 5.75. The second-order valence-corrected chi connectivity index (χ2v) is 4.17. The van der Waals surface area contributed by atoms with Crippen molar-refractivity contribution in [2.75, 3.05) is 0 Å². The Bertz CT molecular complexity index is 673. The molecule has 106 valence electrons. The number of hydrogen-bond donors (Lipinski definition) is 0. The Morgan fingerprint density at radius 2 is 1.85 bits per heavy atom. The van der Waals surface area contributed by atoms with Gasteiger partial charge >= 0.3 is 11.6 Å². The topological polar surface area (TPSA) is 122 Å². The summed E-state index contributed by atoms with van der Waals surface area (Å²) in [6, 6.07) is 0. The zero-order valence-electron chi connectivity index (χ0n) is 10.9. The maximum atomic E-state index is 10.8. The van der Waals surface area contributed by atoms with Crippen molar-refractivity contribution in [2.45, 2.75) is 26.9 Å². The molecule has 0 aliphatic carbocycles. The van der Waals surface area contributed by atoms with Crippen molar-refractivity contribution in [2.24, 2.45) is 0 Å². The third-order valence-corrected chi connectivity index (χ3v) is 2.94. The van der Waals surface area contributed by atoms with Crippen LogP contribution >= 0.6 is 0 Å². The molecule has 20 heavy (non-hydrogen) atoms. The van der Waals surface area contributed by atoms with Crippen molar-refractivity contribution >= 4 is 11.6 Å². The summed E-state index contributed by atoms with van der Waals surface area (Å²) in [6.07, 6.45) is 2.51. The summed E-state index contributed by atoms with van der Waals surface area (Å²) in [6.45, 7) is 3.93. The molecule has 0 amide bonds. The van der Waals surface area contributed by atoms with E-state index in [1.54, 1.807) is 18.4 Å². The van der Waals surface area contributed by atoms with Crippen LogP contribution in [0.15, 0.2) is 12.4 Å². The van der Waals surface area contributed by atoms with E-state index < -0.39 is 9.85 Å². The van der Waals surface area contributed by atoms with Gasteiger partial charge in [-0.15, -0.1) is 0 Å². The highest BCUT2D eigenvalue weighted by molar-refractivity contribution is 5.19. The number of hydrogen-bond acceptors (Lipinski definition) is 6. The summed E-state index contributed by atoms with van der Waals surface area (Å²) in [5, 5.41) is 21.5. The fourth-order valence-electron chi connectivity index (χ4n) is 1.89. The lowest BCUT2D eigenvalue weighted by molar-refractivity contribution is -0.392. The minimum absolute atomic E-state index is 0.102. The third-order valence-electron chi connectivity index (χ3n) is 2.94. The van der Waals surface area contributed by atoms with E-state index in [1.165, 1.54) is 17.0 Å². The molecule has 10 heteroatoms. The van der Waals surface area contributed by atoms with E-state index in [0.717, 1.165) is 0 Å². The van der Waals surface area contributed by atoms with Gasteiger partial charge < -0.3 is 24.8 Å². The first kappa shape index (κ1) is 13.6. The second kappa shape index (κ2) is 5.07. The molecule has 0 saturated carbocycles. The van der Waals surface area contributed by atoms with E-state index in [0.29, 0.717) is 18.2 Å². The first-order valence-corrected chi connectivity index (χ1v) is 5.75. The lowest BCUT2D eigenvalue weighted by Crippen LogP contribution is -2.11. The monoisotopic (exact) mass is 280 g/mol. The SMILES string of the molecule is Cc1nc([N+](=O)[O-])cn1CCn1c([N+](=O)[O-])cnc1C. The summed E-state index contributed by atoms with van der Waals surface area (Å²) in [7, 11) is 0. The zero-order valence-corrected chi connectivity index (χ0v) is 10.9. The van der Waals surface area contributed by atoms with Crippen molar-refractivity contribution in [1.29, 1.82) is 0 Å². The van der Waals surface area contributed by atoms with E-state index in [9.17, 15) is 20.2 Å². The van der Waals surface area contributed by atoms with E-state index in [4.69, 9.17) is 0 Å². The smallest absolute Gasteiger partial charge is 0.358 e. The molecule has 0 aromatic carbocycles. The average Bonchev–Trinajstić information content (AvgIpc) is 2.91. The fourth-order valence-corrected chi connectivity index (χ4v) is 1.89. The molecule has 2 aromatic heterocycles. The highest BCUT2D eigenvalue weighted by atomic mass is 16.6. The minimum Gasteiger partial charge on any atom is -0.358 e. The molecule has 0 unspecified atom stereocenters. The largest absolute Gasteiger partial charge is 0.381 e. The van der Waals surface area contributed by atoms with Gasteiger partial charge in [0.1, 0.15) is 18.9 Å². The van der Waals surface area contributed by atoms with E-state index in [1.807, 2.05) is 0 Å². The van der Waals surface area contributed by atoms with Crippen molar-refractivity contribution in [1.82, 2.24) is 19.1 Å². The molecule has 0 fully saturated rings. The molecular formula is C10H12N6O4. The van der Waals surface area contributed by atoms with Gasteiger partial charge in [-0.3, -0.25) is 0 Å². The number of nitro groups is 2. The lowest BCUT2D eigenvalue weighted by atomic mass is 10.5. The van der Waals surface area contributed by atoms with Crippen LogP contribution in [0.3, 0.4) is 0 Å². The van der Waals surface area contributed by atoms with Crippen LogP contribution in [0.5, 0.6) is 0 Å². The second-order valence-electron chi connectivity index (χ2n) is 4.17. The van der Waals surface area contributed by atoms with E-state index in [-0.39, 0.29) is 18.2 Å². The number of rotatable bonds is 5. The molecule has 2 heterocycles. The third kappa shape index (κ3) is 2.48. The van der Waals surface area contributed by atoms with Crippen LogP contribution in [0.4, 0.5) is 11.6 Å². The van der Waals surface area contributed by atoms with Gasteiger partial charge in [0.05, 0.1) is 6.54 Å². The van der Waals surface area contributed by atoms with Crippen molar-refractivity contribution in [3.8, 4) is 0 Å². The van der Waals surface area contributed by atoms with Gasteiger partial charge in [0.2, 0.25) is 5.82 Å². The number of imidazole rings is 2. The molecule has 2 rings (SSSR count). The Hall–Kier alpha value is -2.78. The van der Waals surface area contributed by atoms with Crippen molar-refractivity contribution in [3.63, 3.8) is 0 Å². The standard InChI is InChI=1S/C10H12N6O4/c1-7-11-5-10(16(19)20)14(7)4-3-13-6-9(15(17)18)12-8(13)2/h5-6H,3-4H2,1-2H3.